The monoisotopic (exact) mass is 371 g/mol. The van der Waals surface area contributed by atoms with Gasteiger partial charge in [0.1, 0.15) is 18.6 Å². The highest BCUT2D eigenvalue weighted by molar-refractivity contribution is 5.94. The second kappa shape index (κ2) is 9.70. The molecule has 3 atom stereocenters. The summed E-state index contributed by atoms with van der Waals surface area (Å²) in [6, 6.07) is -2.66. The van der Waals surface area contributed by atoms with Gasteiger partial charge in [0.05, 0.1) is 6.04 Å². The molecule has 4 amide bonds. The van der Waals surface area contributed by atoms with Crippen LogP contribution in [0.25, 0.3) is 0 Å². The fourth-order valence-corrected chi connectivity index (χ4v) is 2.63. The molecule has 0 aromatic heterocycles. The molecule has 26 heavy (non-hydrogen) atoms. The summed E-state index contributed by atoms with van der Waals surface area (Å²) in [6.07, 6.45) is 1.08. The minimum atomic E-state index is -1.20. The summed E-state index contributed by atoms with van der Waals surface area (Å²) in [5, 5.41) is 13.2. The van der Waals surface area contributed by atoms with Gasteiger partial charge in [0, 0.05) is 13.0 Å². The summed E-state index contributed by atoms with van der Waals surface area (Å²) in [5.41, 5.74) is 10.8. The van der Waals surface area contributed by atoms with Gasteiger partial charge >= 0.3 is 5.97 Å². The van der Waals surface area contributed by atoms with Crippen molar-refractivity contribution < 1.29 is 29.1 Å². The van der Waals surface area contributed by atoms with Crippen LogP contribution in [-0.2, 0) is 24.0 Å². The SMILES string of the molecule is CC(NC(=O)C1CCCN1C(=O)C(N)CCC(N)=O)C(=O)NCC(=O)O. The maximum absolute atomic E-state index is 12.4. The Labute approximate surface area is 150 Å². The van der Waals surface area contributed by atoms with Crippen LogP contribution >= 0.6 is 0 Å². The molecule has 1 fully saturated rings. The number of carbonyl (C=O) groups excluding carboxylic acids is 4. The lowest BCUT2D eigenvalue weighted by Gasteiger charge is -2.27. The van der Waals surface area contributed by atoms with E-state index in [9.17, 15) is 24.0 Å². The van der Waals surface area contributed by atoms with Crippen LogP contribution in [0.3, 0.4) is 0 Å². The third kappa shape index (κ3) is 6.31. The maximum atomic E-state index is 12.4. The Morgan fingerprint density at radius 2 is 1.92 bits per heavy atom. The Balaban J connectivity index is 2.61. The van der Waals surface area contributed by atoms with Gasteiger partial charge in [0.2, 0.25) is 23.6 Å². The number of amides is 4. The molecule has 0 bridgehead atoms. The van der Waals surface area contributed by atoms with Crippen molar-refractivity contribution in [2.24, 2.45) is 11.5 Å². The number of nitrogens with one attached hydrogen (secondary N) is 2. The number of rotatable bonds is 9. The molecule has 0 saturated carbocycles. The van der Waals surface area contributed by atoms with E-state index in [4.69, 9.17) is 16.6 Å². The van der Waals surface area contributed by atoms with E-state index in [1.54, 1.807) is 0 Å². The summed E-state index contributed by atoms with van der Waals surface area (Å²) >= 11 is 0. The number of aliphatic carboxylic acids is 1. The zero-order chi connectivity index (χ0) is 19.9. The molecule has 146 valence electrons. The second-order valence-electron chi connectivity index (χ2n) is 6.14. The lowest BCUT2D eigenvalue weighted by atomic mass is 10.1. The van der Waals surface area contributed by atoms with E-state index < -0.39 is 54.3 Å². The van der Waals surface area contributed by atoms with Gasteiger partial charge in [-0.15, -0.1) is 0 Å². The number of hydrogen-bond donors (Lipinski definition) is 5. The van der Waals surface area contributed by atoms with Gasteiger partial charge in [0.15, 0.2) is 0 Å². The maximum Gasteiger partial charge on any atom is 0.322 e. The van der Waals surface area contributed by atoms with Crippen LogP contribution in [0, 0.1) is 0 Å². The van der Waals surface area contributed by atoms with Crippen molar-refractivity contribution in [1.82, 2.24) is 15.5 Å². The summed E-state index contributed by atoms with van der Waals surface area (Å²) in [7, 11) is 0. The molecule has 0 spiro atoms. The molecular formula is C15H25N5O6. The Morgan fingerprint density at radius 1 is 1.27 bits per heavy atom. The minimum absolute atomic E-state index is 0.0294. The topological polar surface area (TPSA) is 185 Å². The zero-order valence-electron chi connectivity index (χ0n) is 14.6. The summed E-state index contributed by atoms with van der Waals surface area (Å²) in [6.45, 7) is 1.21. The number of hydrogen-bond acceptors (Lipinski definition) is 6. The highest BCUT2D eigenvalue weighted by atomic mass is 16.4. The van der Waals surface area contributed by atoms with Gasteiger partial charge in [-0.25, -0.2) is 0 Å². The van der Waals surface area contributed by atoms with Gasteiger partial charge in [-0.2, -0.15) is 0 Å². The number of nitrogens with zero attached hydrogens (tertiary/aromatic N) is 1. The molecule has 11 heteroatoms. The Bertz CT molecular complexity index is 581. The van der Waals surface area contributed by atoms with E-state index in [1.807, 2.05) is 0 Å². The number of carboxylic acids is 1. The molecule has 3 unspecified atom stereocenters. The molecule has 1 aliphatic rings. The average Bonchev–Trinajstić information content (AvgIpc) is 3.06. The van der Waals surface area contributed by atoms with Crippen molar-refractivity contribution in [3.8, 4) is 0 Å². The Kier molecular flexibility index (Phi) is 7.97. The molecule has 1 heterocycles. The predicted octanol–water partition coefficient (Wildman–Crippen LogP) is -2.72. The van der Waals surface area contributed by atoms with Crippen LogP contribution in [0.15, 0.2) is 0 Å². The van der Waals surface area contributed by atoms with E-state index in [0.29, 0.717) is 19.4 Å². The number of likely N-dealkylation sites (tertiary alicyclic amines) is 1. The first kappa shape index (κ1) is 21.4. The minimum Gasteiger partial charge on any atom is -0.480 e. The van der Waals surface area contributed by atoms with Gasteiger partial charge in [0.25, 0.3) is 0 Å². The second-order valence-corrected chi connectivity index (χ2v) is 6.14. The largest absolute Gasteiger partial charge is 0.480 e. The van der Waals surface area contributed by atoms with Crippen LogP contribution in [0.5, 0.6) is 0 Å². The number of primary amides is 1. The molecule has 0 aromatic carbocycles. The van der Waals surface area contributed by atoms with E-state index in [0.717, 1.165) is 0 Å². The normalized spacial score (nSPS) is 18.7. The predicted molar refractivity (Wildman–Crippen MR) is 89.4 cm³/mol. The van der Waals surface area contributed by atoms with Crippen molar-refractivity contribution in [2.75, 3.05) is 13.1 Å². The van der Waals surface area contributed by atoms with E-state index in [-0.39, 0.29) is 12.8 Å². The van der Waals surface area contributed by atoms with Gasteiger partial charge in [-0.05, 0) is 26.2 Å². The van der Waals surface area contributed by atoms with Crippen molar-refractivity contribution >= 4 is 29.6 Å². The van der Waals surface area contributed by atoms with E-state index in [1.165, 1.54) is 11.8 Å². The summed E-state index contributed by atoms with van der Waals surface area (Å²) in [5.74, 6) is -3.38. The van der Waals surface area contributed by atoms with Crippen molar-refractivity contribution in [3.05, 3.63) is 0 Å². The molecule has 11 nitrogen and oxygen atoms in total. The highest BCUT2D eigenvalue weighted by Crippen LogP contribution is 2.19. The first-order valence-corrected chi connectivity index (χ1v) is 8.27. The van der Waals surface area contributed by atoms with Gasteiger partial charge < -0.3 is 32.1 Å². The lowest BCUT2D eigenvalue weighted by molar-refractivity contribution is -0.141. The molecule has 0 aromatic rings. The van der Waals surface area contributed by atoms with Gasteiger partial charge in [-0.3, -0.25) is 24.0 Å². The van der Waals surface area contributed by atoms with Crippen LogP contribution in [-0.4, -0.2) is 70.8 Å². The van der Waals surface area contributed by atoms with E-state index >= 15 is 0 Å². The average molecular weight is 371 g/mol. The van der Waals surface area contributed by atoms with E-state index in [2.05, 4.69) is 10.6 Å². The molecule has 0 radical (unpaired) electrons. The van der Waals surface area contributed by atoms with Crippen molar-refractivity contribution in [1.29, 1.82) is 0 Å². The third-order valence-corrected chi connectivity index (χ3v) is 4.02. The van der Waals surface area contributed by atoms with Gasteiger partial charge in [-0.1, -0.05) is 0 Å². The molecule has 1 saturated heterocycles. The van der Waals surface area contributed by atoms with Crippen LogP contribution in [0.2, 0.25) is 0 Å². The lowest BCUT2D eigenvalue weighted by Crippen LogP contribution is -2.54. The molecular weight excluding hydrogens is 346 g/mol. The molecule has 1 aliphatic heterocycles. The van der Waals surface area contributed by atoms with Crippen LogP contribution in [0.1, 0.15) is 32.6 Å². The fraction of sp³-hybridized carbons (Fsp3) is 0.667. The Hall–Kier alpha value is -2.69. The summed E-state index contributed by atoms with van der Waals surface area (Å²) in [4.78, 5) is 59.1. The fourth-order valence-electron chi connectivity index (χ4n) is 2.63. The van der Waals surface area contributed by atoms with Crippen molar-refractivity contribution in [3.63, 3.8) is 0 Å². The summed E-state index contributed by atoms with van der Waals surface area (Å²) < 4.78 is 0. The number of nitrogens with two attached hydrogens (primary N) is 2. The highest BCUT2D eigenvalue weighted by Gasteiger charge is 2.36. The number of carboxylic acid groups (broad SMARTS) is 1. The molecule has 0 aliphatic carbocycles. The number of carbonyl (C=O) groups is 5. The first-order valence-electron chi connectivity index (χ1n) is 8.27. The van der Waals surface area contributed by atoms with Crippen LogP contribution in [0.4, 0.5) is 0 Å². The standard InChI is InChI=1S/C15H25N5O6/c1-8(13(24)18-7-12(22)23)19-14(25)10-3-2-6-20(10)15(26)9(16)4-5-11(17)21/h8-10H,2-7,16H2,1H3,(H2,17,21)(H,18,24)(H,19,25)(H,22,23). The smallest absolute Gasteiger partial charge is 0.322 e. The zero-order valence-corrected chi connectivity index (χ0v) is 14.6. The first-order chi connectivity index (χ1) is 12.1. The molecule has 7 N–H and O–H groups in total. The third-order valence-electron chi connectivity index (χ3n) is 4.02. The quantitative estimate of drug-likeness (QED) is 0.291. The van der Waals surface area contributed by atoms with Crippen LogP contribution < -0.4 is 22.1 Å². The molecule has 1 rings (SSSR count). The Morgan fingerprint density at radius 3 is 2.50 bits per heavy atom. The van der Waals surface area contributed by atoms with Crippen molar-refractivity contribution in [2.45, 2.75) is 50.7 Å².